The Morgan fingerprint density at radius 3 is 2.58 bits per heavy atom. The minimum Gasteiger partial charge on any atom is -0.490 e. The summed E-state index contributed by atoms with van der Waals surface area (Å²) in [6, 6.07) is 10.4. The SMILES string of the molecule is BC(=O)NC(=O)CCCN1Cc2cc(CNC(=O)C(F)(F)c3ccccc3OC(C)C)ccc2C1=O. The summed E-state index contributed by atoms with van der Waals surface area (Å²) in [5.74, 6) is -6.34. The highest BCUT2D eigenvalue weighted by molar-refractivity contribution is 6.58. The zero-order valence-corrected chi connectivity index (χ0v) is 20.4. The maximum atomic E-state index is 14.9. The van der Waals surface area contributed by atoms with Crippen LogP contribution in [-0.4, -0.2) is 48.9 Å². The number of carbonyl (C=O) groups is 4. The Morgan fingerprint density at radius 1 is 1.17 bits per heavy atom. The molecule has 0 atom stereocenters. The van der Waals surface area contributed by atoms with Crippen LogP contribution in [0.25, 0.3) is 0 Å². The third-order valence-electron chi connectivity index (χ3n) is 5.52. The van der Waals surface area contributed by atoms with Gasteiger partial charge in [0, 0.05) is 31.6 Å². The average molecular weight is 499 g/mol. The van der Waals surface area contributed by atoms with E-state index in [1.165, 1.54) is 20.0 Å². The molecule has 2 aromatic carbocycles. The first-order chi connectivity index (χ1) is 17.0. The predicted octanol–water partition coefficient (Wildman–Crippen LogP) is 2.49. The molecule has 0 radical (unpaired) electrons. The Bertz CT molecular complexity index is 1170. The van der Waals surface area contributed by atoms with Crippen LogP contribution in [0.2, 0.25) is 0 Å². The van der Waals surface area contributed by atoms with E-state index < -0.39 is 29.1 Å². The molecule has 0 fully saturated rings. The number of benzene rings is 2. The van der Waals surface area contributed by atoms with Gasteiger partial charge in [0.1, 0.15) is 5.75 Å². The number of alkyl halides is 2. The van der Waals surface area contributed by atoms with Crippen LogP contribution < -0.4 is 15.4 Å². The lowest BCUT2D eigenvalue weighted by Gasteiger charge is -2.21. The normalized spacial score (nSPS) is 12.9. The zero-order chi connectivity index (χ0) is 26.5. The van der Waals surface area contributed by atoms with E-state index in [0.717, 1.165) is 6.07 Å². The molecule has 8 nitrogen and oxygen atoms in total. The van der Waals surface area contributed by atoms with Crippen molar-refractivity contribution in [2.24, 2.45) is 0 Å². The second kappa shape index (κ2) is 11.3. The van der Waals surface area contributed by atoms with E-state index in [1.807, 2.05) is 0 Å². The Kier molecular flexibility index (Phi) is 8.44. The fourth-order valence-corrected chi connectivity index (χ4v) is 3.91. The molecule has 2 N–H and O–H groups in total. The van der Waals surface area contributed by atoms with Crippen LogP contribution >= 0.6 is 0 Å². The number of nitrogens with zero attached hydrogens (tertiary/aromatic N) is 1. The topological polar surface area (TPSA) is 105 Å². The highest BCUT2D eigenvalue weighted by Crippen LogP contribution is 2.35. The summed E-state index contributed by atoms with van der Waals surface area (Å²) in [5.41, 5.74) is 1.26. The van der Waals surface area contributed by atoms with Crippen LogP contribution in [0.3, 0.4) is 0 Å². The number of amides is 4. The molecule has 0 spiro atoms. The van der Waals surface area contributed by atoms with Gasteiger partial charge >= 0.3 is 5.92 Å². The van der Waals surface area contributed by atoms with Crippen molar-refractivity contribution in [3.8, 4) is 5.75 Å². The van der Waals surface area contributed by atoms with Gasteiger partial charge in [0.15, 0.2) is 5.81 Å². The number of fused-ring (bicyclic) bond motifs is 1. The van der Waals surface area contributed by atoms with Crippen LogP contribution in [0.4, 0.5) is 13.6 Å². The van der Waals surface area contributed by atoms with Crippen molar-refractivity contribution in [1.29, 1.82) is 0 Å². The maximum Gasteiger partial charge on any atom is 0.353 e. The van der Waals surface area contributed by atoms with Crippen molar-refractivity contribution < 1.29 is 32.7 Å². The molecule has 2 aromatic rings. The molecule has 1 aliphatic rings. The monoisotopic (exact) mass is 499 g/mol. The molecule has 36 heavy (non-hydrogen) atoms. The lowest BCUT2D eigenvalue weighted by Crippen LogP contribution is -2.38. The van der Waals surface area contributed by atoms with Crippen molar-refractivity contribution in [1.82, 2.24) is 15.5 Å². The van der Waals surface area contributed by atoms with Gasteiger partial charge in [0.2, 0.25) is 13.8 Å². The van der Waals surface area contributed by atoms with Crippen LogP contribution in [0.5, 0.6) is 5.75 Å². The van der Waals surface area contributed by atoms with E-state index in [-0.39, 0.29) is 30.7 Å². The molecule has 0 aliphatic carbocycles. The molecule has 4 amide bonds. The summed E-state index contributed by atoms with van der Waals surface area (Å²) in [5, 5.41) is 4.46. The lowest BCUT2D eigenvalue weighted by molar-refractivity contribution is -0.147. The summed E-state index contributed by atoms with van der Waals surface area (Å²) < 4.78 is 35.3. The molecule has 0 saturated heterocycles. The second-order valence-electron chi connectivity index (χ2n) is 8.85. The van der Waals surface area contributed by atoms with E-state index in [1.54, 1.807) is 43.0 Å². The fraction of sp³-hybridized carbons (Fsp3) is 0.360. The third kappa shape index (κ3) is 6.47. The first-order valence-corrected chi connectivity index (χ1v) is 11.6. The third-order valence-corrected chi connectivity index (χ3v) is 5.52. The smallest absolute Gasteiger partial charge is 0.353 e. The number of imide groups is 1. The van der Waals surface area contributed by atoms with Gasteiger partial charge in [-0.2, -0.15) is 8.78 Å². The first-order valence-electron chi connectivity index (χ1n) is 11.6. The van der Waals surface area contributed by atoms with Crippen molar-refractivity contribution in [2.45, 2.75) is 51.8 Å². The standard InChI is InChI=1S/C25H28BF2N3O5/c1-15(2)36-20-7-4-3-6-19(20)25(27,28)23(34)29-13-16-9-10-18-17(12-16)14-31(22(18)33)11-5-8-21(32)30-24(26)35/h3-4,6-7,9-10,12,15H,5,8,11,13-14,26H2,1-2H3,(H,29,34)(H,30,32,35). The summed E-state index contributed by atoms with van der Waals surface area (Å²) in [4.78, 5) is 49.1. The number of nitrogens with one attached hydrogen (secondary N) is 2. The molecular formula is C25H28BF2N3O5. The number of halogens is 2. The molecule has 1 heterocycles. The van der Waals surface area contributed by atoms with E-state index in [2.05, 4.69) is 10.6 Å². The molecule has 11 heteroatoms. The van der Waals surface area contributed by atoms with Gasteiger partial charge in [-0.3, -0.25) is 19.2 Å². The van der Waals surface area contributed by atoms with E-state index in [9.17, 15) is 28.0 Å². The van der Waals surface area contributed by atoms with Crippen molar-refractivity contribution in [3.63, 3.8) is 0 Å². The van der Waals surface area contributed by atoms with E-state index in [4.69, 9.17) is 4.74 Å². The number of ether oxygens (including phenoxy) is 1. The molecule has 0 bridgehead atoms. The zero-order valence-electron chi connectivity index (χ0n) is 20.4. The average Bonchev–Trinajstić information content (AvgIpc) is 3.11. The van der Waals surface area contributed by atoms with Crippen LogP contribution in [0.1, 0.15) is 53.7 Å². The van der Waals surface area contributed by atoms with Crippen molar-refractivity contribution in [3.05, 3.63) is 64.7 Å². The first kappa shape index (κ1) is 26.8. The van der Waals surface area contributed by atoms with Crippen LogP contribution in [-0.2, 0) is 28.6 Å². The Balaban J connectivity index is 1.60. The summed E-state index contributed by atoms with van der Waals surface area (Å²) in [7, 11) is 1.25. The highest BCUT2D eigenvalue weighted by atomic mass is 19.3. The Labute approximate surface area is 208 Å². The fourth-order valence-electron chi connectivity index (χ4n) is 3.91. The molecule has 0 aromatic heterocycles. The molecule has 1 aliphatic heterocycles. The van der Waals surface area contributed by atoms with Gasteiger partial charge in [-0.05, 0) is 49.6 Å². The quantitative estimate of drug-likeness (QED) is 0.489. The van der Waals surface area contributed by atoms with E-state index in [0.29, 0.717) is 36.2 Å². The van der Waals surface area contributed by atoms with Gasteiger partial charge in [-0.1, -0.05) is 24.3 Å². The summed E-state index contributed by atoms with van der Waals surface area (Å²) in [6.07, 6.45) is 0.159. The summed E-state index contributed by atoms with van der Waals surface area (Å²) >= 11 is 0. The van der Waals surface area contributed by atoms with Crippen molar-refractivity contribution >= 4 is 31.4 Å². The number of hydrogen-bond acceptors (Lipinski definition) is 5. The van der Waals surface area contributed by atoms with E-state index >= 15 is 0 Å². The number of hydrogen-bond donors (Lipinski definition) is 2. The second-order valence-corrected chi connectivity index (χ2v) is 8.85. The van der Waals surface area contributed by atoms with Gasteiger partial charge in [0.25, 0.3) is 11.8 Å². The summed E-state index contributed by atoms with van der Waals surface area (Å²) in [6.45, 7) is 3.91. The van der Waals surface area contributed by atoms with Gasteiger partial charge in [-0.25, -0.2) is 0 Å². The number of rotatable bonds is 10. The van der Waals surface area contributed by atoms with Crippen molar-refractivity contribution in [2.75, 3.05) is 6.54 Å². The predicted molar refractivity (Wildman–Crippen MR) is 130 cm³/mol. The number of para-hydroxylation sites is 1. The lowest BCUT2D eigenvalue weighted by atomic mass is 10.0. The molecule has 3 rings (SSSR count). The number of carbonyl (C=O) groups excluding carboxylic acids is 4. The Hall–Kier alpha value is -3.76. The molecular weight excluding hydrogens is 471 g/mol. The molecule has 0 saturated carbocycles. The van der Waals surface area contributed by atoms with Gasteiger partial charge < -0.3 is 20.3 Å². The van der Waals surface area contributed by atoms with Gasteiger partial charge in [0.05, 0.1) is 11.7 Å². The largest absolute Gasteiger partial charge is 0.490 e. The molecule has 0 unspecified atom stereocenters. The molecule has 190 valence electrons. The maximum absolute atomic E-state index is 14.9. The van der Waals surface area contributed by atoms with Gasteiger partial charge in [-0.15, -0.1) is 0 Å². The minimum atomic E-state index is -3.80. The highest BCUT2D eigenvalue weighted by Gasteiger charge is 2.43. The van der Waals surface area contributed by atoms with Crippen LogP contribution in [0.15, 0.2) is 42.5 Å². The van der Waals surface area contributed by atoms with Crippen LogP contribution in [0, 0.1) is 0 Å². The Morgan fingerprint density at radius 2 is 1.89 bits per heavy atom. The minimum absolute atomic E-state index is 0.0532.